The van der Waals surface area contributed by atoms with Gasteiger partial charge in [0.1, 0.15) is 12.0 Å². The van der Waals surface area contributed by atoms with Crippen molar-refractivity contribution < 1.29 is 4.79 Å². The smallest absolute Gasteiger partial charge is 0.295 e. The molecule has 2 aromatic heterocycles. The molecule has 1 aromatic carbocycles. The van der Waals surface area contributed by atoms with Crippen molar-refractivity contribution in [2.24, 2.45) is 7.05 Å². The molecular formula is C19H24N6O2S. The van der Waals surface area contributed by atoms with Crippen LogP contribution in [0.2, 0.25) is 0 Å². The van der Waals surface area contributed by atoms with Crippen molar-refractivity contribution in [3.8, 4) is 5.69 Å². The van der Waals surface area contributed by atoms with E-state index in [1.807, 2.05) is 55.7 Å². The molecule has 0 bridgehead atoms. The Morgan fingerprint density at radius 2 is 1.86 bits per heavy atom. The normalized spacial score (nSPS) is 12.4. The summed E-state index contributed by atoms with van der Waals surface area (Å²) in [7, 11) is 1.79. The highest BCUT2D eigenvalue weighted by atomic mass is 32.2. The summed E-state index contributed by atoms with van der Waals surface area (Å²) < 4.78 is 5.18. The maximum absolute atomic E-state index is 12.9. The number of carbonyl (C=O) groups is 1. The van der Waals surface area contributed by atoms with Crippen molar-refractivity contribution in [2.45, 2.75) is 44.1 Å². The predicted octanol–water partition coefficient (Wildman–Crippen LogP) is 2.78. The van der Waals surface area contributed by atoms with E-state index in [4.69, 9.17) is 0 Å². The van der Waals surface area contributed by atoms with E-state index in [1.165, 1.54) is 16.4 Å². The molecule has 2 heterocycles. The predicted molar refractivity (Wildman–Crippen MR) is 110 cm³/mol. The van der Waals surface area contributed by atoms with E-state index in [9.17, 15) is 9.59 Å². The topological polar surface area (TPSA) is 86.7 Å². The molecule has 8 nitrogen and oxygen atoms in total. The molecule has 0 aliphatic rings. The van der Waals surface area contributed by atoms with Crippen molar-refractivity contribution in [2.75, 3.05) is 5.32 Å². The SMILES string of the molecule is Cc1c(NC(=O)[C@@H](C)Sc2nncn2C(C)C)c(=O)n(-c2ccccc2)n1C. The first kappa shape index (κ1) is 19.9. The highest BCUT2D eigenvalue weighted by Crippen LogP contribution is 2.24. The molecule has 0 spiro atoms. The van der Waals surface area contributed by atoms with Gasteiger partial charge in [0, 0.05) is 13.1 Å². The van der Waals surface area contributed by atoms with Gasteiger partial charge in [0.05, 0.1) is 16.6 Å². The first-order chi connectivity index (χ1) is 13.3. The number of anilines is 1. The third-order valence-corrected chi connectivity index (χ3v) is 5.62. The Kier molecular flexibility index (Phi) is 5.73. The number of thioether (sulfide) groups is 1. The fourth-order valence-corrected chi connectivity index (χ4v) is 3.78. The first-order valence-corrected chi connectivity index (χ1v) is 9.90. The van der Waals surface area contributed by atoms with Gasteiger partial charge in [0.25, 0.3) is 5.56 Å². The Bertz CT molecular complexity index is 1030. The Morgan fingerprint density at radius 1 is 1.18 bits per heavy atom. The lowest BCUT2D eigenvalue weighted by Crippen LogP contribution is -2.27. The summed E-state index contributed by atoms with van der Waals surface area (Å²) in [6, 6.07) is 9.52. The van der Waals surface area contributed by atoms with Crippen LogP contribution in [0.1, 0.15) is 32.5 Å². The van der Waals surface area contributed by atoms with Crippen molar-refractivity contribution in [1.29, 1.82) is 0 Å². The Hall–Kier alpha value is -2.81. The van der Waals surface area contributed by atoms with E-state index in [2.05, 4.69) is 15.5 Å². The molecule has 0 saturated heterocycles. The van der Waals surface area contributed by atoms with Crippen LogP contribution in [0, 0.1) is 6.92 Å². The second kappa shape index (κ2) is 8.05. The van der Waals surface area contributed by atoms with Crippen LogP contribution in [0.15, 0.2) is 46.6 Å². The number of amides is 1. The van der Waals surface area contributed by atoms with Gasteiger partial charge in [-0.05, 0) is 39.8 Å². The quantitative estimate of drug-likeness (QED) is 0.643. The van der Waals surface area contributed by atoms with Crippen LogP contribution in [0.3, 0.4) is 0 Å². The maximum Gasteiger partial charge on any atom is 0.295 e. The lowest BCUT2D eigenvalue weighted by molar-refractivity contribution is -0.115. The number of benzene rings is 1. The van der Waals surface area contributed by atoms with E-state index in [1.54, 1.807) is 25.0 Å². The van der Waals surface area contributed by atoms with Crippen LogP contribution in [0.5, 0.6) is 0 Å². The zero-order valence-electron chi connectivity index (χ0n) is 16.6. The number of aromatic nitrogens is 5. The molecule has 1 atom stereocenters. The molecule has 0 radical (unpaired) electrons. The minimum atomic E-state index is -0.439. The van der Waals surface area contributed by atoms with Crippen LogP contribution >= 0.6 is 11.8 Å². The number of hydrogen-bond acceptors (Lipinski definition) is 5. The monoisotopic (exact) mass is 400 g/mol. The van der Waals surface area contributed by atoms with Crippen molar-refractivity contribution in [1.82, 2.24) is 24.1 Å². The minimum Gasteiger partial charge on any atom is -0.319 e. The van der Waals surface area contributed by atoms with Crippen LogP contribution in [0.25, 0.3) is 5.69 Å². The second-order valence-electron chi connectivity index (χ2n) is 6.80. The van der Waals surface area contributed by atoms with E-state index >= 15 is 0 Å². The number of rotatable bonds is 6. The maximum atomic E-state index is 12.9. The third-order valence-electron chi connectivity index (χ3n) is 4.55. The van der Waals surface area contributed by atoms with Gasteiger partial charge in [0.2, 0.25) is 5.91 Å². The van der Waals surface area contributed by atoms with Crippen LogP contribution in [0.4, 0.5) is 5.69 Å². The number of carbonyl (C=O) groups excluding carboxylic acids is 1. The highest BCUT2D eigenvalue weighted by Gasteiger charge is 2.23. The summed E-state index contributed by atoms with van der Waals surface area (Å²) >= 11 is 1.31. The summed E-state index contributed by atoms with van der Waals surface area (Å²) in [5.74, 6) is -0.255. The van der Waals surface area contributed by atoms with Crippen LogP contribution in [-0.4, -0.2) is 35.3 Å². The molecule has 0 saturated carbocycles. The van der Waals surface area contributed by atoms with Crippen molar-refractivity contribution in [3.05, 3.63) is 52.7 Å². The third kappa shape index (κ3) is 3.75. The summed E-state index contributed by atoms with van der Waals surface area (Å²) in [6.45, 7) is 7.64. The molecule has 3 rings (SSSR count). The number of nitrogens with zero attached hydrogens (tertiary/aromatic N) is 5. The first-order valence-electron chi connectivity index (χ1n) is 9.02. The Labute approximate surface area is 167 Å². The fourth-order valence-electron chi connectivity index (χ4n) is 2.82. The Balaban J connectivity index is 1.83. The fraction of sp³-hybridized carbons (Fsp3) is 0.368. The largest absolute Gasteiger partial charge is 0.319 e. The van der Waals surface area contributed by atoms with Gasteiger partial charge in [-0.3, -0.25) is 14.3 Å². The van der Waals surface area contributed by atoms with Gasteiger partial charge < -0.3 is 9.88 Å². The average molecular weight is 401 g/mol. The number of hydrogen-bond donors (Lipinski definition) is 1. The van der Waals surface area contributed by atoms with Gasteiger partial charge in [-0.1, -0.05) is 30.0 Å². The van der Waals surface area contributed by atoms with Gasteiger partial charge >= 0.3 is 0 Å². The molecule has 1 amide bonds. The molecule has 0 fully saturated rings. The summed E-state index contributed by atoms with van der Waals surface area (Å²) in [4.78, 5) is 25.7. The average Bonchev–Trinajstić information content (AvgIpc) is 3.21. The van der Waals surface area contributed by atoms with Gasteiger partial charge in [-0.15, -0.1) is 10.2 Å². The second-order valence-corrected chi connectivity index (χ2v) is 8.11. The van der Waals surface area contributed by atoms with E-state index < -0.39 is 5.25 Å². The molecule has 9 heteroatoms. The number of para-hydroxylation sites is 1. The highest BCUT2D eigenvalue weighted by molar-refractivity contribution is 8.00. The van der Waals surface area contributed by atoms with Crippen molar-refractivity contribution >= 4 is 23.4 Å². The summed E-state index contributed by atoms with van der Waals surface area (Å²) in [6.07, 6.45) is 1.65. The number of nitrogens with one attached hydrogen (secondary N) is 1. The van der Waals surface area contributed by atoms with Crippen LogP contribution < -0.4 is 10.9 Å². The summed E-state index contributed by atoms with van der Waals surface area (Å²) in [5, 5.41) is 11.0. The molecule has 28 heavy (non-hydrogen) atoms. The van der Waals surface area contributed by atoms with Gasteiger partial charge in [0.15, 0.2) is 5.16 Å². The molecule has 0 unspecified atom stereocenters. The lowest BCUT2D eigenvalue weighted by Gasteiger charge is -2.13. The molecular weight excluding hydrogens is 376 g/mol. The zero-order chi connectivity index (χ0) is 20.4. The molecule has 0 aliphatic carbocycles. The van der Waals surface area contributed by atoms with Gasteiger partial charge in [-0.2, -0.15) is 0 Å². The zero-order valence-corrected chi connectivity index (χ0v) is 17.4. The molecule has 148 valence electrons. The molecule has 0 aliphatic heterocycles. The molecule has 1 N–H and O–H groups in total. The Morgan fingerprint density at radius 3 is 2.50 bits per heavy atom. The molecule has 3 aromatic rings. The van der Waals surface area contributed by atoms with E-state index in [-0.39, 0.29) is 23.2 Å². The van der Waals surface area contributed by atoms with E-state index in [0.29, 0.717) is 10.9 Å². The van der Waals surface area contributed by atoms with Crippen LogP contribution in [-0.2, 0) is 11.8 Å². The van der Waals surface area contributed by atoms with E-state index in [0.717, 1.165) is 5.69 Å². The lowest BCUT2D eigenvalue weighted by atomic mass is 10.3. The standard InChI is InChI=1S/C19H24N6O2S/c1-12(2)24-11-20-22-19(24)28-14(4)17(26)21-16-13(3)23(5)25(18(16)27)15-9-7-6-8-10-15/h6-12,14H,1-5H3,(H,21,26)/t14-/m1/s1. The van der Waals surface area contributed by atoms with Gasteiger partial charge in [-0.25, -0.2) is 4.68 Å². The minimum absolute atomic E-state index is 0.196. The van der Waals surface area contributed by atoms with Crippen molar-refractivity contribution in [3.63, 3.8) is 0 Å². The summed E-state index contributed by atoms with van der Waals surface area (Å²) in [5.41, 5.74) is 1.45.